The highest BCUT2D eigenvalue weighted by atomic mass is 19.1. The summed E-state index contributed by atoms with van der Waals surface area (Å²) in [5, 5.41) is 2.31. The van der Waals surface area contributed by atoms with Crippen LogP contribution < -0.4 is 5.32 Å². The van der Waals surface area contributed by atoms with Crippen LogP contribution in [-0.2, 0) is 22.7 Å². The number of nitrogens with zero attached hydrogens (tertiary/aromatic N) is 3. The Morgan fingerprint density at radius 3 is 2.62 bits per heavy atom. The lowest BCUT2D eigenvalue weighted by atomic mass is 10.0. The van der Waals surface area contributed by atoms with Gasteiger partial charge in [-0.2, -0.15) is 0 Å². The lowest BCUT2D eigenvalue weighted by Gasteiger charge is -2.29. The van der Waals surface area contributed by atoms with Crippen molar-refractivity contribution in [1.82, 2.24) is 20.1 Å². The maximum absolute atomic E-state index is 15.5. The maximum atomic E-state index is 15.5. The van der Waals surface area contributed by atoms with Crippen molar-refractivity contribution < 1.29 is 18.8 Å². The smallest absolute Gasteiger partial charge is 0.255 e. The van der Waals surface area contributed by atoms with Gasteiger partial charge in [0.2, 0.25) is 11.8 Å². The van der Waals surface area contributed by atoms with Crippen molar-refractivity contribution in [3.8, 4) is 11.3 Å². The third-order valence-corrected chi connectivity index (χ3v) is 7.96. The van der Waals surface area contributed by atoms with Crippen LogP contribution in [0.2, 0.25) is 0 Å². The van der Waals surface area contributed by atoms with Gasteiger partial charge in [0.25, 0.3) is 5.91 Å². The first kappa shape index (κ1) is 21.4. The van der Waals surface area contributed by atoms with Gasteiger partial charge in [-0.1, -0.05) is 12.5 Å². The summed E-state index contributed by atoms with van der Waals surface area (Å²) in [6, 6.07) is 6.30. The van der Waals surface area contributed by atoms with Crippen LogP contribution in [0.5, 0.6) is 0 Å². The van der Waals surface area contributed by atoms with Gasteiger partial charge in [0.05, 0.1) is 0 Å². The fourth-order valence-corrected chi connectivity index (χ4v) is 6.23. The zero-order chi connectivity index (χ0) is 23.4. The van der Waals surface area contributed by atoms with E-state index in [-0.39, 0.29) is 36.3 Å². The van der Waals surface area contributed by atoms with Gasteiger partial charge in [-0.05, 0) is 54.9 Å². The van der Waals surface area contributed by atoms with Crippen LogP contribution in [0, 0.1) is 17.7 Å². The molecule has 176 valence electrons. The molecule has 3 aliphatic heterocycles. The Labute approximate surface area is 197 Å². The summed E-state index contributed by atoms with van der Waals surface area (Å²) in [5.74, 6) is 0.205. The van der Waals surface area contributed by atoms with E-state index in [9.17, 15) is 14.4 Å². The molecule has 4 aliphatic rings. The Morgan fingerprint density at radius 1 is 1.06 bits per heavy atom. The van der Waals surface area contributed by atoms with Crippen molar-refractivity contribution in [3.05, 3.63) is 53.0 Å². The van der Waals surface area contributed by atoms with Gasteiger partial charge in [-0.3, -0.25) is 29.6 Å². The van der Waals surface area contributed by atoms with E-state index in [4.69, 9.17) is 0 Å². The van der Waals surface area contributed by atoms with E-state index in [0.717, 1.165) is 30.5 Å². The van der Waals surface area contributed by atoms with Crippen LogP contribution >= 0.6 is 0 Å². The van der Waals surface area contributed by atoms with Gasteiger partial charge in [0.15, 0.2) is 5.82 Å². The average Bonchev–Trinajstić information content (AvgIpc) is 3.49. The van der Waals surface area contributed by atoms with Crippen molar-refractivity contribution in [3.63, 3.8) is 0 Å². The minimum atomic E-state index is -0.667. The van der Waals surface area contributed by atoms with E-state index < -0.39 is 11.9 Å². The second-order valence-corrected chi connectivity index (χ2v) is 10.0. The molecule has 1 aromatic carbocycles. The SMILES string of the molecule is O=C1CC[C@H](N2Cc3cc(-c4nccc(CN5CC6CCCC6C5)c4F)ccc3C2=O)C(=O)N1. The van der Waals surface area contributed by atoms with Gasteiger partial charge in [0, 0.05) is 55.5 Å². The number of likely N-dealkylation sites (tertiary alicyclic amines) is 1. The highest BCUT2D eigenvalue weighted by Gasteiger charge is 2.39. The number of rotatable bonds is 4. The quantitative estimate of drug-likeness (QED) is 0.707. The summed E-state index contributed by atoms with van der Waals surface area (Å²) in [4.78, 5) is 44.9. The van der Waals surface area contributed by atoms with E-state index in [1.54, 1.807) is 30.5 Å². The molecule has 1 aliphatic carbocycles. The molecule has 7 nitrogen and oxygen atoms in total. The van der Waals surface area contributed by atoms with Crippen molar-refractivity contribution in [2.24, 2.45) is 11.8 Å². The molecule has 2 unspecified atom stereocenters. The molecular weight excluding hydrogens is 435 g/mol. The number of hydrogen-bond donors (Lipinski definition) is 1. The third-order valence-electron chi connectivity index (χ3n) is 7.96. The van der Waals surface area contributed by atoms with E-state index in [2.05, 4.69) is 15.2 Å². The molecule has 0 spiro atoms. The first-order valence-electron chi connectivity index (χ1n) is 12.1. The summed E-state index contributed by atoms with van der Waals surface area (Å²) in [5.41, 5.74) is 2.80. The molecule has 1 saturated carbocycles. The first-order chi connectivity index (χ1) is 16.5. The number of nitrogens with one attached hydrogen (secondary N) is 1. The molecule has 3 fully saturated rings. The molecule has 2 saturated heterocycles. The molecule has 0 bridgehead atoms. The zero-order valence-corrected chi connectivity index (χ0v) is 18.9. The van der Waals surface area contributed by atoms with Crippen LogP contribution in [0.1, 0.15) is 53.6 Å². The number of aromatic nitrogens is 1. The third kappa shape index (κ3) is 3.60. The summed E-state index contributed by atoms with van der Waals surface area (Å²) in [6.45, 7) is 2.92. The number of carbonyl (C=O) groups excluding carboxylic acids is 3. The molecule has 34 heavy (non-hydrogen) atoms. The van der Waals surface area contributed by atoms with Gasteiger partial charge in [-0.25, -0.2) is 4.39 Å². The largest absolute Gasteiger partial charge is 0.322 e. The second kappa shape index (κ2) is 8.27. The lowest BCUT2D eigenvalue weighted by molar-refractivity contribution is -0.136. The Hall–Kier alpha value is -3.13. The van der Waals surface area contributed by atoms with E-state index in [0.29, 0.717) is 29.7 Å². The number of pyridine rings is 1. The number of amides is 3. The number of benzene rings is 1. The number of carbonyl (C=O) groups is 3. The van der Waals surface area contributed by atoms with Crippen molar-refractivity contribution in [2.45, 2.75) is 51.2 Å². The molecule has 4 heterocycles. The molecule has 8 heteroatoms. The van der Waals surface area contributed by atoms with Crippen molar-refractivity contribution in [1.29, 1.82) is 0 Å². The number of piperidine rings is 1. The molecule has 2 aromatic rings. The van der Waals surface area contributed by atoms with E-state index in [1.807, 2.05) is 0 Å². The Bertz CT molecular complexity index is 1190. The highest BCUT2D eigenvalue weighted by molar-refractivity contribution is 6.05. The van der Waals surface area contributed by atoms with Crippen LogP contribution in [0.3, 0.4) is 0 Å². The molecule has 3 amide bonds. The molecule has 3 atom stereocenters. The lowest BCUT2D eigenvalue weighted by Crippen LogP contribution is -2.52. The Balaban J connectivity index is 1.22. The van der Waals surface area contributed by atoms with E-state index in [1.165, 1.54) is 24.2 Å². The highest BCUT2D eigenvalue weighted by Crippen LogP contribution is 2.38. The van der Waals surface area contributed by atoms with Crippen LogP contribution in [0.4, 0.5) is 4.39 Å². The average molecular weight is 463 g/mol. The molecule has 1 aromatic heterocycles. The molecule has 0 radical (unpaired) electrons. The fraction of sp³-hybridized carbons (Fsp3) is 0.462. The summed E-state index contributed by atoms with van der Waals surface area (Å²) >= 11 is 0. The van der Waals surface area contributed by atoms with Crippen molar-refractivity contribution >= 4 is 17.7 Å². The standard InChI is InChI=1S/C26H27FN4O3/c27-23-18(13-30-11-16-2-1-3-17(16)12-30)8-9-28-24(23)15-4-5-20-19(10-15)14-31(26(20)34)21-6-7-22(32)29-25(21)33/h4-5,8-10,16-17,21H,1-3,6-7,11-14H2,(H,29,32,33)/t16?,17?,21-/m0/s1. The fourth-order valence-electron chi connectivity index (χ4n) is 6.23. The van der Waals surface area contributed by atoms with Crippen molar-refractivity contribution in [2.75, 3.05) is 13.1 Å². The minimum Gasteiger partial charge on any atom is -0.322 e. The number of imide groups is 1. The van der Waals surface area contributed by atoms with Crippen LogP contribution in [-0.4, -0.2) is 51.6 Å². The number of halogens is 1. The predicted molar refractivity (Wildman–Crippen MR) is 122 cm³/mol. The van der Waals surface area contributed by atoms with Crippen LogP contribution in [0.15, 0.2) is 30.5 Å². The van der Waals surface area contributed by atoms with Gasteiger partial charge < -0.3 is 4.90 Å². The van der Waals surface area contributed by atoms with Gasteiger partial charge in [-0.15, -0.1) is 0 Å². The van der Waals surface area contributed by atoms with E-state index >= 15 is 4.39 Å². The number of fused-ring (bicyclic) bond motifs is 2. The normalized spacial score (nSPS) is 26.7. The minimum absolute atomic E-state index is 0.211. The molecule has 1 N–H and O–H groups in total. The van der Waals surface area contributed by atoms with Gasteiger partial charge in [0.1, 0.15) is 11.7 Å². The van der Waals surface area contributed by atoms with Gasteiger partial charge >= 0.3 is 0 Å². The summed E-state index contributed by atoms with van der Waals surface area (Å²) < 4.78 is 15.5. The molecule has 6 rings (SSSR count). The van der Waals surface area contributed by atoms with Crippen LogP contribution in [0.25, 0.3) is 11.3 Å². The maximum Gasteiger partial charge on any atom is 0.255 e. The predicted octanol–water partition coefficient (Wildman–Crippen LogP) is 2.88. The number of hydrogen-bond acceptors (Lipinski definition) is 5. The Kier molecular flexibility index (Phi) is 5.21. The second-order valence-electron chi connectivity index (χ2n) is 10.0. The summed E-state index contributed by atoms with van der Waals surface area (Å²) in [6.07, 6.45) is 6.07. The topological polar surface area (TPSA) is 82.6 Å². The first-order valence-corrected chi connectivity index (χ1v) is 12.1. The summed E-state index contributed by atoms with van der Waals surface area (Å²) in [7, 11) is 0. The Morgan fingerprint density at radius 2 is 1.85 bits per heavy atom. The monoisotopic (exact) mass is 462 g/mol. The molecular formula is C26H27FN4O3. The zero-order valence-electron chi connectivity index (χ0n) is 18.9.